The lowest BCUT2D eigenvalue weighted by molar-refractivity contribution is -0.121. The third kappa shape index (κ3) is 5.00. The molecule has 3 N–H and O–H groups in total. The third-order valence-corrected chi connectivity index (χ3v) is 5.95. The van der Waals surface area contributed by atoms with Crippen molar-refractivity contribution in [3.63, 3.8) is 0 Å². The van der Waals surface area contributed by atoms with Crippen molar-refractivity contribution in [2.45, 2.75) is 43.8 Å². The molecule has 4 rings (SSSR count). The first-order valence-corrected chi connectivity index (χ1v) is 10.7. The molecule has 0 radical (unpaired) electrons. The van der Waals surface area contributed by atoms with E-state index in [0.29, 0.717) is 10.7 Å². The zero-order valence-electron chi connectivity index (χ0n) is 16.6. The molecular formula is C23H25ClN4O2. The summed E-state index contributed by atoms with van der Waals surface area (Å²) in [6, 6.07) is 3.56. The van der Waals surface area contributed by atoms with E-state index in [2.05, 4.69) is 20.9 Å². The Morgan fingerprint density at radius 1 is 1.10 bits per heavy atom. The minimum absolute atomic E-state index is 0.0634. The monoisotopic (exact) mass is 424 g/mol. The van der Waals surface area contributed by atoms with Crippen molar-refractivity contribution >= 4 is 29.5 Å². The van der Waals surface area contributed by atoms with E-state index in [1.165, 1.54) is 6.08 Å². The quantitative estimate of drug-likeness (QED) is 0.635. The van der Waals surface area contributed by atoms with E-state index in [1.807, 2.05) is 36.4 Å². The summed E-state index contributed by atoms with van der Waals surface area (Å²) >= 11 is 6.07. The summed E-state index contributed by atoms with van der Waals surface area (Å²) in [7, 11) is 0. The summed E-state index contributed by atoms with van der Waals surface area (Å²) in [6.45, 7) is 0. The van der Waals surface area contributed by atoms with Crippen molar-refractivity contribution in [1.29, 1.82) is 0 Å². The number of hydrogen-bond donors (Lipinski definition) is 3. The Morgan fingerprint density at radius 2 is 1.83 bits per heavy atom. The minimum atomic E-state index is -0.160. The maximum Gasteiger partial charge on any atom is 0.267 e. The van der Waals surface area contributed by atoms with Crippen LogP contribution in [0.5, 0.6) is 0 Å². The summed E-state index contributed by atoms with van der Waals surface area (Å²) < 4.78 is 0. The van der Waals surface area contributed by atoms with Crippen molar-refractivity contribution < 1.29 is 9.59 Å². The standard InChI is InChI=1S/C23H25ClN4O2/c24-17-6-7-18-16(13-17)14-21(26-18)23(30)28-20-4-2-1-3-19(20)27-22(29)8-5-15-9-11-25-12-10-15/h5-14,16,18-20,26H,1-4H2,(H,27,29)(H,28,30)/b8-5+/t16?,18?,19-,20+/m1/s1. The second-order valence-electron chi connectivity index (χ2n) is 7.83. The Hall–Kier alpha value is -2.86. The van der Waals surface area contributed by atoms with Crippen LogP contribution in [0.1, 0.15) is 31.2 Å². The van der Waals surface area contributed by atoms with Crippen LogP contribution in [-0.4, -0.2) is 34.9 Å². The molecule has 0 spiro atoms. The Balaban J connectivity index is 1.35. The predicted octanol–water partition coefficient (Wildman–Crippen LogP) is 2.80. The molecule has 1 aliphatic heterocycles. The van der Waals surface area contributed by atoms with E-state index >= 15 is 0 Å². The molecule has 6 nitrogen and oxygen atoms in total. The van der Waals surface area contributed by atoms with Crippen molar-refractivity contribution in [3.8, 4) is 0 Å². The van der Waals surface area contributed by atoms with E-state index < -0.39 is 0 Å². The van der Waals surface area contributed by atoms with Gasteiger partial charge in [-0.2, -0.15) is 0 Å². The van der Waals surface area contributed by atoms with Gasteiger partial charge in [0.1, 0.15) is 0 Å². The van der Waals surface area contributed by atoms with Gasteiger partial charge >= 0.3 is 0 Å². The largest absolute Gasteiger partial charge is 0.374 e. The first-order valence-electron chi connectivity index (χ1n) is 10.3. The second kappa shape index (κ2) is 9.30. The van der Waals surface area contributed by atoms with Gasteiger partial charge in [-0.05, 0) is 48.8 Å². The highest BCUT2D eigenvalue weighted by Gasteiger charge is 2.32. The van der Waals surface area contributed by atoms with Crippen LogP contribution in [0.3, 0.4) is 0 Å². The number of amides is 2. The Labute approximate surface area is 181 Å². The fraction of sp³-hybridized carbons (Fsp3) is 0.348. The number of carbonyl (C=O) groups is 2. The van der Waals surface area contributed by atoms with Crippen LogP contribution in [0, 0.1) is 5.92 Å². The fourth-order valence-corrected chi connectivity index (χ4v) is 4.34. The van der Waals surface area contributed by atoms with Gasteiger partial charge in [-0.1, -0.05) is 36.6 Å². The van der Waals surface area contributed by atoms with E-state index in [0.717, 1.165) is 31.2 Å². The summed E-state index contributed by atoms with van der Waals surface area (Å²) in [4.78, 5) is 29.2. The fourth-order valence-electron chi connectivity index (χ4n) is 4.12. The number of nitrogens with one attached hydrogen (secondary N) is 3. The molecule has 0 saturated heterocycles. The number of pyridine rings is 1. The molecule has 1 aromatic heterocycles. The normalized spacial score (nSPS) is 27.6. The van der Waals surface area contributed by atoms with Gasteiger partial charge < -0.3 is 16.0 Å². The minimum Gasteiger partial charge on any atom is -0.374 e. The van der Waals surface area contributed by atoms with Gasteiger partial charge in [0.15, 0.2) is 0 Å². The van der Waals surface area contributed by atoms with Crippen LogP contribution in [0.4, 0.5) is 0 Å². The molecule has 4 atom stereocenters. The average Bonchev–Trinajstić information content (AvgIpc) is 3.18. The number of nitrogens with zero attached hydrogens (tertiary/aromatic N) is 1. The van der Waals surface area contributed by atoms with Gasteiger partial charge in [0.2, 0.25) is 5.91 Å². The number of carbonyl (C=O) groups excluding carboxylic acids is 2. The van der Waals surface area contributed by atoms with Crippen LogP contribution in [0.2, 0.25) is 0 Å². The number of rotatable bonds is 5. The Morgan fingerprint density at radius 3 is 2.60 bits per heavy atom. The lowest BCUT2D eigenvalue weighted by Gasteiger charge is -2.32. The van der Waals surface area contributed by atoms with Gasteiger partial charge in [0.25, 0.3) is 5.91 Å². The van der Waals surface area contributed by atoms with E-state index in [4.69, 9.17) is 11.6 Å². The van der Waals surface area contributed by atoms with Gasteiger partial charge in [-0.3, -0.25) is 14.6 Å². The second-order valence-corrected chi connectivity index (χ2v) is 8.27. The van der Waals surface area contributed by atoms with Gasteiger partial charge in [-0.15, -0.1) is 0 Å². The number of fused-ring (bicyclic) bond motifs is 1. The summed E-state index contributed by atoms with van der Waals surface area (Å²) in [6.07, 6.45) is 18.1. The van der Waals surface area contributed by atoms with Crippen LogP contribution in [0.15, 0.2) is 65.6 Å². The predicted molar refractivity (Wildman–Crippen MR) is 117 cm³/mol. The zero-order chi connectivity index (χ0) is 20.9. The topological polar surface area (TPSA) is 83.1 Å². The van der Waals surface area contributed by atoms with Gasteiger partial charge in [0.05, 0.1) is 11.7 Å². The summed E-state index contributed by atoms with van der Waals surface area (Å²) in [5.74, 6) is -0.212. The van der Waals surface area contributed by atoms with Gasteiger partial charge in [-0.25, -0.2) is 0 Å². The third-order valence-electron chi connectivity index (χ3n) is 5.70. The zero-order valence-corrected chi connectivity index (χ0v) is 17.3. The lowest BCUT2D eigenvalue weighted by atomic mass is 9.90. The van der Waals surface area contributed by atoms with Crippen molar-refractivity contribution in [3.05, 3.63) is 71.2 Å². The van der Waals surface area contributed by atoms with Crippen molar-refractivity contribution in [2.75, 3.05) is 0 Å². The highest BCUT2D eigenvalue weighted by molar-refractivity contribution is 6.31. The molecular weight excluding hydrogens is 400 g/mol. The number of halogens is 1. The molecule has 1 saturated carbocycles. The molecule has 0 aromatic carbocycles. The molecule has 2 unspecified atom stereocenters. The van der Waals surface area contributed by atoms with E-state index in [9.17, 15) is 9.59 Å². The maximum absolute atomic E-state index is 12.8. The van der Waals surface area contributed by atoms with Crippen molar-refractivity contribution in [2.24, 2.45) is 5.92 Å². The lowest BCUT2D eigenvalue weighted by Crippen LogP contribution is -2.53. The highest BCUT2D eigenvalue weighted by Crippen LogP contribution is 2.27. The average molecular weight is 425 g/mol. The van der Waals surface area contributed by atoms with E-state index in [1.54, 1.807) is 18.5 Å². The Bertz CT molecular complexity index is 922. The summed E-state index contributed by atoms with van der Waals surface area (Å²) in [5.41, 5.74) is 1.48. The number of hydrogen-bond acceptors (Lipinski definition) is 4. The summed E-state index contributed by atoms with van der Waals surface area (Å²) in [5, 5.41) is 10.1. The van der Waals surface area contributed by atoms with Crippen LogP contribution in [0.25, 0.3) is 6.08 Å². The molecule has 1 aromatic rings. The molecule has 30 heavy (non-hydrogen) atoms. The number of aromatic nitrogens is 1. The highest BCUT2D eigenvalue weighted by atomic mass is 35.5. The molecule has 0 bridgehead atoms. The number of allylic oxidation sites excluding steroid dienone is 2. The maximum atomic E-state index is 12.8. The van der Waals surface area contributed by atoms with Crippen molar-refractivity contribution in [1.82, 2.24) is 20.9 Å². The molecule has 7 heteroatoms. The molecule has 1 fully saturated rings. The first kappa shape index (κ1) is 20.4. The molecule has 2 amide bonds. The SMILES string of the molecule is O=C(/C=C/c1ccncc1)N[C@@H]1CCCC[C@@H]1NC(=O)C1=CC2C=C(Cl)C=CC2N1. The van der Waals surface area contributed by atoms with Crippen LogP contribution in [-0.2, 0) is 9.59 Å². The van der Waals surface area contributed by atoms with E-state index in [-0.39, 0.29) is 35.9 Å². The first-order chi connectivity index (χ1) is 14.6. The molecule has 2 heterocycles. The smallest absolute Gasteiger partial charge is 0.267 e. The Kier molecular flexibility index (Phi) is 6.33. The van der Waals surface area contributed by atoms with Crippen LogP contribution >= 0.6 is 11.6 Å². The molecule has 156 valence electrons. The van der Waals surface area contributed by atoms with Gasteiger partial charge in [0, 0.05) is 41.5 Å². The molecule has 2 aliphatic carbocycles. The van der Waals surface area contributed by atoms with Crippen LogP contribution < -0.4 is 16.0 Å². The molecule has 3 aliphatic rings.